The fourth-order valence-corrected chi connectivity index (χ4v) is 1.90. The third-order valence-corrected chi connectivity index (χ3v) is 3.28. The van der Waals surface area contributed by atoms with E-state index in [1.165, 1.54) is 0 Å². The van der Waals surface area contributed by atoms with Crippen molar-refractivity contribution in [2.75, 3.05) is 18.0 Å². The van der Waals surface area contributed by atoms with E-state index in [0.717, 1.165) is 4.31 Å². The fraction of sp³-hybridized carbons (Fsp3) is 0.125. The number of urea groups is 1. The van der Waals surface area contributed by atoms with E-state index in [0.29, 0.717) is 17.2 Å². The molecule has 0 saturated heterocycles. The van der Waals surface area contributed by atoms with Crippen LogP contribution in [-0.2, 0) is 4.79 Å². The number of ether oxygens (including phenoxy) is 2. The summed E-state index contributed by atoms with van der Waals surface area (Å²) in [6.07, 6.45) is 0. The predicted molar refractivity (Wildman–Crippen MR) is 89.9 cm³/mol. The lowest BCUT2D eigenvalue weighted by atomic mass is 10.3. The Labute approximate surface area is 139 Å². The van der Waals surface area contributed by atoms with Crippen molar-refractivity contribution in [1.29, 1.82) is 0 Å². The molecule has 2 aromatic carbocycles. The average Bonchev–Trinajstić information content (AvgIpc) is 2.60. The molecule has 3 amide bonds. The first kappa shape index (κ1) is 16.7. The summed E-state index contributed by atoms with van der Waals surface area (Å²) >= 11 is 4.08. The quantitative estimate of drug-likeness (QED) is 0.826. The lowest BCUT2D eigenvalue weighted by Gasteiger charge is -2.16. The molecule has 0 aliphatic carbocycles. The first-order chi connectivity index (χ1) is 11.1. The van der Waals surface area contributed by atoms with Crippen molar-refractivity contribution in [2.45, 2.75) is 0 Å². The van der Waals surface area contributed by atoms with Gasteiger partial charge in [-0.25, -0.2) is 9.10 Å². The van der Waals surface area contributed by atoms with Crippen molar-refractivity contribution < 1.29 is 19.1 Å². The molecule has 6 nitrogen and oxygen atoms in total. The van der Waals surface area contributed by atoms with E-state index in [9.17, 15) is 9.59 Å². The van der Waals surface area contributed by atoms with Crippen LogP contribution in [0.1, 0.15) is 0 Å². The Hall–Kier alpha value is -2.67. The normalized spacial score (nSPS) is 9.83. The highest BCUT2D eigenvalue weighted by Gasteiger charge is 2.15. The molecule has 0 atom stereocenters. The molecule has 7 heteroatoms. The van der Waals surface area contributed by atoms with Gasteiger partial charge in [-0.05, 0) is 36.4 Å². The zero-order chi connectivity index (χ0) is 16.7. The maximum absolute atomic E-state index is 12.0. The minimum atomic E-state index is -0.667. The van der Waals surface area contributed by atoms with Gasteiger partial charge in [-0.2, -0.15) is 0 Å². The predicted octanol–water partition coefficient (Wildman–Crippen LogP) is 2.66. The van der Waals surface area contributed by atoms with Gasteiger partial charge in [0.2, 0.25) is 0 Å². The minimum Gasteiger partial charge on any atom is -0.497 e. The summed E-state index contributed by atoms with van der Waals surface area (Å²) in [5.74, 6) is 0.641. The molecule has 0 radical (unpaired) electrons. The van der Waals surface area contributed by atoms with Crippen LogP contribution in [0.3, 0.4) is 0 Å². The lowest BCUT2D eigenvalue weighted by molar-refractivity contribution is -0.121. The van der Waals surface area contributed by atoms with Crippen LogP contribution in [0.2, 0.25) is 0 Å². The third kappa shape index (κ3) is 4.93. The van der Waals surface area contributed by atoms with E-state index < -0.39 is 11.9 Å². The number of thiol groups is 1. The van der Waals surface area contributed by atoms with Crippen LogP contribution >= 0.6 is 12.8 Å². The van der Waals surface area contributed by atoms with E-state index in [-0.39, 0.29) is 6.61 Å². The van der Waals surface area contributed by atoms with E-state index in [1.807, 2.05) is 6.07 Å². The van der Waals surface area contributed by atoms with E-state index >= 15 is 0 Å². The summed E-state index contributed by atoms with van der Waals surface area (Å²) < 4.78 is 11.3. The SMILES string of the molecule is COc1ccc(N(S)C(=O)NC(=O)COc2ccccc2)cc1. The highest BCUT2D eigenvalue weighted by atomic mass is 32.1. The first-order valence-electron chi connectivity index (χ1n) is 6.75. The summed E-state index contributed by atoms with van der Waals surface area (Å²) in [4.78, 5) is 23.7. The first-order valence-corrected chi connectivity index (χ1v) is 7.15. The van der Waals surface area contributed by atoms with Crippen LogP contribution in [0.5, 0.6) is 11.5 Å². The molecular formula is C16H16N2O4S. The van der Waals surface area contributed by atoms with Gasteiger partial charge >= 0.3 is 6.03 Å². The van der Waals surface area contributed by atoms with Crippen molar-refractivity contribution in [3.63, 3.8) is 0 Å². The van der Waals surface area contributed by atoms with Crippen LogP contribution < -0.4 is 19.1 Å². The number of carbonyl (C=O) groups excluding carboxylic acids is 2. The van der Waals surface area contributed by atoms with Gasteiger partial charge in [-0.1, -0.05) is 31.0 Å². The molecule has 0 aliphatic rings. The number of nitrogens with one attached hydrogen (secondary N) is 1. The highest BCUT2D eigenvalue weighted by Crippen LogP contribution is 2.20. The monoisotopic (exact) mass is 332 g/mol. The number of anilines is 1. The Balaban J connectivity index is 1.85. The van der Waals surface area contributed by atoms with Gasteiger partial charge in [0.15, 0.2) is 6.61 Å². The van der Waals surface area contributed by atoms with Gasteiger partial charge in [0.25, 0.3) is 5.91 Å². The van der Waals surface area contributed by atoms with Crippen molar-refractivity contribution in [3.8, 4) is 11.5 Å². The van der Waals surface area contributed by atoms with Crippen LogP contribution in [0.15, 0.2) is 54.6 Å². The highest BCUT2D eigenvalue weighted by molar-refractivity contribution is 7.82. The van der Waals surface area contributed by atoms with E-state index in [1.54, 1.807) is 55.6 Å². The Bertz CT molecular complexity index is 662. The standard InChI is InChI=1S/C16H16N2O4S/c1-21-13-9-7-12(8-10-13)18(23)16(20)17-15(19)11-22-14-5-3-2-4-6-14/h2-10,23H,11H2,1H3,(H,17,19,20). The van der Waals surface area contributed by atoms with Crippen LogP contribution in [0.25, 0.3) is 0 Å². The number of imide groups is 1. The Morgan fingerprint density at radius 2 is 1.70 bits per heavy atom. The molecule has 2 rings (SSSR count). The molecule has 0 fully saturated rings. The van der Waals surface area contributed by atoms with Crippen molar-refractivity contribution in [2.24, 2.45) is 0 Å². The molecule has 0 aromatic heterocycles. The van der Waals surface area contributed by atoms with Crippen molar-refractivity contribution in [3.05, 3.63) is 54.6 Å². The molecule has 120 valence electrons. The minimum absolute atomic E-state index is 0.264. The van der Waals surface area contributed by atoms with Crippen LogP contribution in [0.4, 0.5) is 10.5 Å². The second-order valence-electron chi connectivity index (χ2n) is 4.46. The molecule has 0 unspecified atom stereocenters. The van der Waals surface area contributed by atoms with Crippen molar-refractivity contribution >= 4 is 30.4 Å². The number of methoxy groups -OCH3 is 1. The maximum Gasteiger partial charge on any atom is 0.338 e. The van der Waals surface area contributed by atoms with Gasteiger partial charge in [-0.15, -0.1) is 0 Å². The average molecular weight is 332 g/mol. The van der Waals surface area contributed by atoms with Gasteiger partial charge in [0.1, 0.15) is 11.5 Å². The number of amides is 3. The second-order valence-corrected chi connectivity index (χ2v) is 4.86. The molecule has 0 saturated carbocycles. The van der Waals surface area contributed by atoms with Crippen molar-refractivity contribution in [1.82, 2.24) is 5.32 Å². The second kappa shape index (κ2) is 8.09. The van der Waals surface area contributed by atoms with Gasteiger partial charge in [0.05, 0.1) is 12.8 Å². The third-order valence-electron chi connectivity index (χ3n) is 2.87. The summed E-state index contributed by atoms with van der Waals surface area (Å²) in [6.45, 7) is -0.264. The Morgan fingerprint density at radius 3 is 2.30 bits per heavy atom. The Morgan fingerprint density at radius 1 is 1.04 bits per heavy atom. The van der Waals surface area contributed by atoms with Gasteiger partial charge in [0, 0.05) is 0 Å². The molecule has 0 spiro atoms. The molecule has 23 heavy (non-hydrogen) atoms. The van der Waals surface area contributed by atoms with E-state index in [4.69, 9.17) is 9.47 Å². The summed E-state index contributed by atoms with van der Waals surface area (Å²) in [5.41, 5.74) is 0.503. The molecular weight excluding hydrogens is 316 g/mol. The molecule has 2 aromatic rings. The topological polar surface area (TPSA) is 67.9 Å². The van der Waals surface area contributed by atoms with E-state index in [2.05, 4.69) is 18.1 Å². The zero-order valence-electron chi connectivity index (χ0n) is 12.4. The number of para-hydroxylation sites is 1. The number of benzene rings is 2. The van der Waals surface area contributed by atoms with Crippen LogP contribution in [0, 0.1) is 0 Å². The smallest absolute Gasteiger partial charge is 0.338 e. The van der Waals surface area contributed by atoms with Crippen LogP contribution in [-0.4, -0.2) is 25.7 Å². The lowest BCUT2D eigenvalue weighted by Crippen LogP contribution is -2.40. The summed E-state index contributed by atoms with van der Waals surface area (Å²) in [6, 6.07) is 14.9. The number of carbonyl (C=O) groups is 2. The van der Waals surface area contributed by atoms with Gasteiger partial charge in [-0.3, -0.25) is 10.1 Å². The molecule has 0 bridgehead atoms. The summed E-state index contributed by atoms with van der Waals surface area (Å²) in [5, 5.41) is 2.19. The largest absolute Gasteiger partial charge is 0.497 e. The summed E-state index contributed by atoms with van der Waals surface area (Å²) in [7, 11) is 1.55. The molecule has 0 heterocycles. The number of rotatable bonds is 5. The zero-order valence-corrected chi connectivity index (χ0v) is 13.3. The fourth-order valence-electron chi connectivity index (χ4n) is 1.71. The van der Waals surface area contributed by atoms with Gasteiger partial charge < -0.3 is 9.47 Å². The number of hydrogen-bond acceptors (Lipinski definition) is 5. The molecule has 0 aliphatic heterocycles. The molecule has 1 N–H and O–H groups in total. The number of hydrogen-bond donors (Lipinski definition) is 2. The maximum atomic E-state index is 12.0. The Kier molecular flexibility index (Phi) is 5.87. The number of nitrogens with zero attached hydrogens (tertiary/aromatic N) is 1.